The highest BCUT2D eigenvalue weighted by molar-refractivity contribution is 5.61. The average Bonchev–Trinajstić information content (AvgIpc) is 3.07. The van der Waals surface area contributed by atoms with Crippen LogP contribution in [0.15, 0.2) is 54.9 Å². The zero-order chi connectivity index (χ0) is 16.2. The van der Waals surface area contributed by atoms with Crippen molar-refractivity contribution in [1.82, 2.24) is 25.3 Å². The van der Waals surface area contributed by atoms with Gasteiger partial charge in [-0.25, -0.2) is 4.68 Å². The summed E-state index contributed by atoms with van der Waals surface area (Å²) in [4.78, 5) is 4.02. The van der Waals surface area contributed by atoms with E-state index in [-0.39, 0.29) is 6.10 Å². The standard InChI is InChI=1S/C18H19N5O/c1-2-4-15(5-3-1)18-17-13-24-16(12-23(17)22-21-18)11-20-10-14-6-8-19-9-7-14/h1-9,16,20H,10-13H2/t16-/m1/s1. The van der Waals surface area contributed by atoms with Crippen molar-refractivity contribution in [3.63, 3.8) is 0 Å². The van der Waals surface area contributed by atoms with E-state index in [1.165, 1.54) is 5.56 Å². The number of fused-ring (bicyclic) bond motifs is 1. The summed E-state index contributed by atoms with van der Waals surface area (Å²) in [6, 6.07) is 14.1. The molecule has 3 heterocycles. The van der Waals surface area contributed by atoms with Crippen molar-refractivity contribution in [2.45, 2.75) is 25.8 Å². The van der Waals surface area contributed by atoms with Crippen LogP contribution in [-0.2, 0) is 24.4 Å². The number of nitrogens with zero attached hydrogens (tertiary/aromatic N) is 4. The van der Waals surface area contributed by atoms with Crippen LogP contribution in [0.3, 0.4) is 0 Å². The Labute approximate surface area is 140 Å². The zero-order valence-electron chi connectivity index (χ0n) is 13.3. The second-order valence-electron chi connectivity index (χ2n) is 5.85. The minimum absolute atomic E-state index is 0.102. The summed E-state index contributed by atoms with van der Waals surface area (Å²) in [6.45, 7) is 2.85. The molecule has 0 unspecified atom stereocenters. The highest BCUT2D eigenvalue weighted by Gasteiger charge is 2.23. The van der Waals surface area contributed by atoms with Gasteiger partial charge in [-0.1, -0.05) is 35.5 Å². The van der Waals surface area contributed by atoms with Crippen LogP contribution >= 0.6 is 0 Å². The van der Waals surface area contributed by atoms with E-state index >= 15 is 0 Å². The SMILES string of the molecule is c1ccc(-c2nnn3c2CO[C@H](CNCc2ccncc2)C3)cc1. The zero-order valence-corrected chi connectivity index (χ0v) is 13.3. The maximum Gasteiger partial charge on any atom is 0.118 e. The van der Waals surface area contributed by atoms with E-state index in [2.05, 4.69) is 20.6 Å². The molecule has 1 N–H and O–H groups in total. The van der Waals surface area contributed by atoms with E-state index in [1.807, 2.05) is 47.1 Å². The van der Waals surface area contributed by atoms with E-state index in [1.54, 1.807) is 12.4 Å². The highest BCUT2D eigenvalue weighted by atomic mass is 16.5. The number of nitrogens with one attached hydrogen (secondary N) is 1. The van der Waals surface area contributed by atoms with Crippen LogP contribution in [0.25, 0.3) is 11.3 Å². The minimum atomic E-state index is 0.102. The van der Waals surface area contributed by atoms with Gasteiger partial charge in [-0.2, -0.15) is 0 Å². The first-order chi connectivity index (χ1) is 11.9. The molecule has 2 aromatic heterocycles. The van der Waals surface area contributed by atoms with Crippen LogP contribution in [0.2, 0.25) is 0 Å². The van der Waals surface area contributed by atoms with Gasteiger partial charge in [0.25, 0.3) is 0 Å². The summed E-state index contributed by atoms with van der Waals surface area (Å²) in [6.07, 6.45) is 3.71. The van der Waals surface area contributed by atoms with Gasteiger partial charge < -0.3 is 10.1 Å². The van der Waals surface area contributed by atoms with Crippen LogP contribution in [0.1, 0.15) is 11.3 Å². The molecule has 1 aliphatic rings. The Hall–Kier alpha value is -2.57. The largest absolute Gasteiger partial charge is 0.369 e. The minimum Gasteiger partial charge on any atom is -0.369 e. The van der Waals surface area contributed by atoms with Crippen molar-refractivity contribution in [2.75, 3.05) is 6.54 Å². The molecule has 6 nitrogen and oxygen atoms in total. The van der Waals surface area contributed by atoms with Gasteiger partial charge in [-0.15, -0.1) is 5.10 Å². The van der Waals surface area contributed by atoms with E-state index in [0.717, 1.165) is 36.6 Å². The van der Waals surface area contributed by atoms with Gasteiger partial charge >= 0.3 is 0 Å². The Balaban J connectivity index is 1.37. The topological polar surface area (TPSA) is 64.9 Å². The summed E-state index contributed by atoms with van der Waals surface area (Å²) in [5.74, 6) is 0. The van der Waals surface area contributed by atoms with Crippen LogP contribution < -0.4 is 5.32 Å². The summed E-state index contributed by atoms with van der Waals surface area (Å²) >= 11 is 0. The number of hydrogen-bond donors (Lipinski definition) is 1. The number of aromatic nitrogens is 4. The molecule has 24 heavy (non-hydrogen) atoms. The Morgan fingerprint density at radius 2 is 1.96 bits per heavy atom. The molecule has 3 aromatic rings. The molecule has 0 aliphatic carbocycles. The summed E-state index contributed by atoms with van der Waals surface area (Å²) in [5, 5.41) is 12.1. The third-order valence-corrected chi connectivity index (χ3v) is 4.17. The Bertz CT molecular complexity index is 788. The number of hydrogen-bond acceptors (Lipinski definition) is 5. The predicted molar refractivity (Wildman–Crippen MR) is 90.0 cm³/mol. The monoisotopic (exact) mass is 321 g/mol. The molecule has 122 valence electrons. The van der Waals surface area contributed by atoms with E-state index < -0.39 is 0 Å². The third kappa shape index (κ3) is 3.20. The van der Waals surface area contributed by atoms with Crippen LogP contribution in [0.4, 0.5) is 0 Å². The van der Waals surface area contributed by atoms with E-state index in [9.17, 15) is 0 Å². The Kier molecular flexibility index (Phi) is 4.31. The molecule has 0 saturated carbocycles. The summed E-state index contributed by atoms with van der Waals surface area (Å²) in [5.41, 5.74) is 4.26. The molecule has 1 aromatic carbocycles. The summed E-state index contributed by atoms with van der Waals surface area (Å²) < 4.78 is 7.95. The first kappa shape index (κ1) is 15.0. The number of ether oxygens (including phenoxy) is 1. The van der Waals surface area contributed by atoms with Crippen LogP contribution in [-0.4, -0.2) is 32.6 Å². The number of pyridine rings is 1. The fourth-order valence-electron chi connectivity index (χ4n) is 2.89. The maximum absolute atomic E-state index is 5.99. The molecule has 1 aliphatic heterocycles. The lowest BCUT2D eigenvalue weighted by Gasteiger charge is -2.24. The molecule has 0 bridgehead atoms. The molecular weight excluding hydrogens is 302 g/mol. The van der Waals surface area contributed by atoms with Gasteiger partial charge in [0.1, 0.15) is 5.69 Å². The lowest BCUT2D eigenvalue weighted by Crippen LogP contribution is -2.36. The summed E-state index contributed by atoms with van der Waals surface area (Å²) in [7, 11) is 0. The van der Waals surface area contributed by atoms with E-state index in [0.29, 0.717) is 6.61 Å². The predicted octanol–water partition coefficient (Wildman–Crippen LogP) is 2.03. The van der Waals surface area contributed by atoms with Crippen molar-refractivity contribution >= 4 is 0 Å². The number of rotatable bonds is 5. The molecule has 1 atom stereocenters. The molecule has 6 heteroatoms. The second-order valence-corrected chi connectivity index (χ2v) is 5.85. The molecule has 0 fully saturated rings. The van der Waals surface area contributed by atoms with Gasteiger partial charge in [-0.3, -0.25) is 4.98 Å². The Morgan fingerprint density at radius 1 is 1.12 bits per heavy atom. The quantitative estimate of drug-likeness (QED) is 0.779. The molecule has 0 saturated heterocycles. The molecule has 0 radical (unpaired) electrons. The first-order valence-corrected chi connectivity index (χ1v) is 8.09. The van der Waals surface area contributed by atoms with Crippen LogP contribution in [0.5, 0.6) is 0 Å². The lowest BCUT2D eigenvalue weighted by atomic mass is 10.1. The van der Waals surface area contributed by atoms with Gasteiger partial charge in [0.15, 0.2) is 0 Å². The fourth-order valence-corrected chi connectivity index (χ4v) is 2.89. The van der Waals surface area contributed by atoms with Crippen molar-refractivity contribution in [3.05, 3.63) is 66.1 Å². The van der Waals surface area contributed by atoms with Crippen molar-refractivity contribution in [3.8, 4) is 11.3 Å². The molecule has 0 amide bonds. The van der Waals surface area contributed by atoms with Gasteiger partial charge in [0.2, 0.25) is 0 Å². The molecular formula is C18H19N5O. The fraction of sp³-hybridized carbons (Fsp3) is 0.278. The van der Waals surface area contributed by atoms with Crippen LogP contribution in [0, 0.1) is 0 Å². The van der Waals surface area contributed by atoms with Gasteiger partial charge in [-0.05, 0) is 17.7 Å². The molecule has 0 spiro atoms. The van der Waals surface area contributed by atoms with Gasteiger partial charge in [0, 0.05) is 31.0 Å². The third-order valence-electron chi connectivity index (χ3n) is 4.17. The van der Waals surface area contributed by atoms with Crippen molar-refractivity contribution < 1.29 is 4.74 Å². The lowest BCUT2D eigenvalue weighted by molar-refractivity contribution is 0.00125. The van der Waals surface area contributed by atoms with Crippen molar-refractivity contribution in [1.29, 1.82) is 0 Å². The van der Waals surface area contributed by atoms with Gasteiger partial charge in [0.05, 0.1) is 24.9 Å². The smallest absolute Gasteiger partial charge is 0.118 e. The maximum atomic E-state index is 5.99. The Morgan fingerprint density at radius 3 is 2.79 bits per heavy atom. The molecule has 4 rings (SSSR count). The first-order valence-electron chi connectivity index (χ1n) is 8.09. The normalized spacial score (nSPS) is 16.8. The second kappa shape index (κ2) is 6.90. The number of benzene rings is 1. The van der Waals surface area contributed by atoms with Crippen molar-refractivity contribution in [2.24, 2.45) is 0 Å². The van der Waals surface area contributed by atoms with E-state index in [4.69, 9.17) is 4.74 Å². The highest BCUT2D eigenvalue weighted by Crippen LogP contribution is 2.24. The average molecular weight is 321 g/mol.